The molecule has 31 heavy (non-hydrogen) atoms. The normalized spacial score (nSPS) is 19.0. The van der Waals surface area contributed by atoms with Gasteiger partial charge in [0.15, 0.2) is 0 Å². The summed E-state index contributed by atoms with van der Waals surface area (Å²) in [6.45, 7) is 5.64. The van der Waals surface area contributed by atoms with Gasteiger partial charge >= 0.3 is 0 Å². The van der Waals surface area contributed by atoms with Crippen molar-refractivity contribution in [1.82, 2.24) is 9.97 Å². The molecule has 1 aliphatic carbocycles. The number of hydrogen-bond donors (Lipinski definition) is 1. The van der Waals surface area contributed by atoms with Gasteiger partial charge in [-0.05, 0) is 31.7 Å². The van der Waals surface area contributed by atoms with Crippen molar-refractivity contribution in [3.63, 3.8) is 0 Å². The largest absolute Gasteiger partial charge is 0.390 e. The fraction of sp³-hybridized carbons (Fsp3) is 0.818. The van der Waals surface area contributed by atoms with Crippen LogP contribution in [0, 0.1) is 0 Å². The lowest BCUT2D eigenvalue weighted by molar-refractivity contribution is -0.0316. The van der Waals surface area contributed by atoms with Gasteiger partial charge in [0.25, 0.3) is 0 Å². The highest BCUT2D eigenvalue weighted by molar-refractivity contribution is 5.05. The van der Waals surface area contributed by atoms with Crippen LogP contribution >= 0.6 is 0 Å². The minimum absolute atomic E-state index is 0.0437. The van der Waals surface area contributed by atoms with Crippen LogP contribution in [0.2, 0.25) is 0 Å². The second-order valence-electron chi connectivity index (χ2n) is 7.35. The van der Waals surface area contributed by atoms with Gasteiger partial charge in [0.2, 0.25) is 0 Å². The van der Waals surface area contributed by atoms with Crippen molar-refractivity contribution in [2.45, 2.75) is 44.3 Å². The molecule has 0 bridgehead atoms. The molecule has 0 amide bonds. The lowest BCUT2D eigenvalue weighted by atomic mass is 9.87. The van der Waals surface area contributed by atoms with Crippen LogP contribution in [0.5, 0.6) is 0 Å². The van der Waals surface area contributed by atoms with Crippen LogP contribution in [0.1, 0.15) is 43.1 Å². The topological polar surface area (TPSA) is 101 Å². The first-order valence-corrected chi connectivity index (χ1v) is 11.2. The Morgan fingerprint density at radius 1 is 0.806 bits per heavy atom. The monoisotopic (exact) mass is 442 g/mol. The predicted octanol–water partition coefficient (Wildman–Crippen LogP) is 1.72. The molecule has 1 N–H and O–H groups in total. The van der Waals surface area contributed by atoms with Crippen molar-refractivity contribution in [3.8, 4) is 0 Å². The SMILES string of the molecule is COCCOCCOCCOCCOCCOC1CCC(c2nccc(CO)n2)CC1. The van der Waals surface area contributed by atoms with E-state index in [2.05, 4.69) is 9.97 Å². The number of rotatable bonds is 18. The Hall–Kier alpha value is -1.20. The summed E-state index contributed by atoms with van der Waals surface area (Å²) in [6.07, 6.45) is 6.01. The van der Waals surface area contributed by atoms with Crippen molar-refractivity contribution < 1.29 is 33.5 Å². The van der Waals surface area contributed by atoms with Gasteiger partial charge in [-0.1, -0.05) is 0 Å². The van der Waals surface area contributed by atoms with Gasteiger partial charge < -0.3 is 33.5 Å². The fourth-order valence-corrected chi connectivity index (χ4v) is 3.36. The molecule has 1 saturated carbocycles. The van der Waals surface area contributed by atoms with Crippen molar-refractivity contribution in [3.05, 3.63) is 23.8 Å². The summed E-state index contributed by atoms with van der Waals surface area (Å²) < 4.78 is 32.5. The van der Waals surface area contributed by atoms with Gasteiger partial charge in [-0.15, -0.1) is 0 Å². The standard InChI is InChI=1S/C22H38N2O7/c1-26-8-9-27-10-11-28-12-13-29-14-15-30-16-17-31-21-4-2-19(3-5-21)22-23-7-6-20(18-25)24-22/h6-7,19,21,25H,2-5,8-18H2,1H3. The average Bonchev–Trinajstić information content (AvgIpc) is 2.82. The van der Waals surface area contributed by atoms with Crippen LogP contribution < -0.4 is 0 Å². The van der Waals surface area contributed by atoms with Crippen LogP contribution in [0.4, 0.5) is 0 Å². The first kappa shape index (κ1) is 26.1. The Kier molecular flexibility index (Phi) is 14.6. The Morgan fingerprint density at radius 3 is 1.90 bits per heavy atom. The second-order valence-corrected chi connectivity index (χ2v) is 7.35. The number of hydrogen-bond acceptors (Lipinski definition) is 9. The van der Waals surface area contributed by atoms with Gasteiger partial charge in [0.05, 0.1) is 84.5 Å². The molecule has 0 saturated heterocycles. The van der Waals surface area contributed by atoms with Crippen molar-refractivity contribution in [1.29, 1.82) is 0 Å². The van der Waals surface area contributed by atoms with Crippen LogP contribution in [0.3, 0.4) is 0 Å². The third kappa shape index (κ3) is 11.8. The van der Waals surface area contributed by atoms with Crippen LogP contribution in [0.15, 0.2) is 12.3 Å². The van der Waals surface area contributed by atoms with E-state index in [4.69, 9.17) is 28.4 Å². The molecule has 0 unspecified atom stereocenters. The molecular formula is C22H38N2O7. The molecule has 0 radical (unpaired) electrons. The number of methoxy groups -OCH3 is 1. The molecule has 9 nitrogen and oxygen atoms in total. The molecule has 0 aromatic carbocycles. The van der Waals surface area contributed by atoms with E-state index in [9.17, 15) is 5.11 Å². The Labute approximate surface area is 185 Å². The first-order valence-electron chi connectivity index (χ1n) is 11.2. The molecule has 1 heterocycles. The quantitative estimate of drug-likeness (QED) is 0.341. The average molecular weight is 443 g/mol. The summed E-state index contributed by atoms with van der Waals surface area (Å²) >= 11 is 0. The lowest BCUT2D eigenvalue weighted by Crippen LogP contribution is -2.23. The zero-order valence-electron chi connectivity index (χ0n) is 18.7. The van der Waals surface area contributed by atoms with Crippen molar-refractivity contribution in [2.24, 2.45) is 0 Å². The van der Waals surface area contributed by atoms with Crippen molar-refractivity contribution in [2.75, 3.05) is 73.2 Å². The van der Waals surface area contributed by atoms with E-state index >= 15 is 0 Å². The molecule has 178 valence electrons. The molecule has 9 heteroatoms. The Morgan fingerprint density at radius 2 is 1.35 bits per heavy atom. The van der Waals surface area contributed by atoms with Crippen LogP contribution in [0.25, 0.3) is 0 Å². The van der Waals surface area contributed by atoms with Gasteiger partial charge in [0.1, 0.15) is 5.82 Å². The maximum atomic E-state index is 9.22. The van der Waals surface area contributed by atoms with Crippen LogP contribution in [-0.2, 0) is 35.0 Å². The molecule has 0 atom stereocenters. The highest BCUT2D eigenvalue weighted by Gasteiger charge is 2.24. The maximum absolute atomic E-state index is 9.22. The summed E-state index contributed by atoms with van der Waals surface area (Å²) in [5, 5.41) is 9.22. The Bertz CT molecular complexity index is 556. The summed E-state index contributed by atoms with van der Waals surface area (Å²) in [7, 11) is 1.65. The van der Waals surface area contributed by atoms with E-state index in [0.29, 0.717) is 77.7 Å². The number of nitrogens with zero attached hydrogens (tertiary/aromatic N) is 2. The van der Waals surface area contributed by atoms with E-state index in [1.165, 1.54) is 0 Å². The fourth-order valence-electron chi connectivity index (χ4n) is 3.36. The maximum Gasteiger partial charge on any atom is 0.131 e. The Balaban J connectivity index is 1.36. The number of ether oxygens (including phenoxy) is 6. The zero-order chi connectivity index (χ0) is 22.0. The summed E-state index contributed by atoms with van der Waals surface area (Å²) in [5.41, 5.74) is 0.681. The molecule has 2 rings (SSSR count). The highest BCUT2D eigenvalue weighted by atomic mass is 16.6. The van der Waals surface area contributed by atoms with Gasteiger partial charge in [-0.3, -0.25) is 0 Å². The van der Waals surface area contributed by atoms with Gasteiger partial charge in [0, 0.05) is 19.2 Å². The third-order valence-electron chi connectivity index (χ3n) is 5.06. The van der Waals surface area contributed by atoms with Gasteiger partial charge in [-0.25, -0.2) is 9.97 Å². The summed E-state index contributed by atoms with van der Waals surface area (Å²) in [5.74, 6) is 1.20. The van der Waals surface area contributed by atoms with E-state index in [1.807, 2.05) is 0 Å². The smallest absolute Gasteiger partial charge is 0.131 e. The van der Waals surface area contributed by atoms with Gasteiger partial charge in [-0.2, -0.15) is 0 Å². The predicted molar refractivity (Wildman–Crippen MR) is 114 cm³/mol. The lowest BCUT2D eigenvalue weighted by Gasteiger charge is -2.27. The van der Waals surface area contributed by atoms with E-state index in [-0.39, 0.29) is 12.7 Å². The van der Waals surface area contributed by atoms with E-state index in [1.54, 1.807) is 19.4 Å². The molecule has 1 aromatic rings. The molecule has 1 aromatic heterocycles. The molecule has 1 aliphatic rings. The number of aliphatic hydroxyl groups excluding tert-OH is 1. The molecule has 0 aliphatic heterocycles. The molecule has 1 fully saturated rings. The first-order chi connectivity index (χ1) is 15.3. The molecule has 0 spiro atoms. The second kappa shape index (κ2) is 17.4. The third-order valence-corrected chi connectivity index (χ3v) is 5.06. The molecular weight excluding hydrogens is 404 g/mol. The van der Waals surface area contributed by atoms with E-state index < -0.39 is 0 Å². The minimum atomic E-state index is -0.0437. The zero-order valence-corrected chi connectivity index (χ0v) is 18.7. The summed E-state index contributed by atoms with van der Waals surface area (Å²) in [4.78, 5) is 8.80. The summed E-state index contributed by atoms with van der Waals surface area (Å²) in [6, 6.07) is 1.75. The minimum Gasteiger partial charge on any atom is -0.390 e. The van der Waals surface area contributed by atoms with Crippen LogP contribution in [-0.4, -0.2) is 94.4 Å². The van der Waals surface area contributed by atoms with Crippen molar-refractivity contribution >= 4 is 0 Å². The number of aliphatic hydroxyl groups is 1. The number of aromatic nitrogens is 2. The van der Waals surface area contributed by atoms with E-state index in [0.717, 1.165) is 31.5 Å². The highest BCUT2D eigenvalue weighted by Crippen LogP contribution is 2.32.